The third-order valence-electron chi connectivity index (χ3n) is 2.68. The van der Waals surface area contributed by atoms with Crippen LogP contribution in [0.15, 0.2) is 0 Å². The zero-order valence-corrected chi connectivity index (χ0v) is 10.2. The van der Waals surface area contributed by atoms with E-state index >= 15 is 0 Å². The van der Waals surface area contributed by atoms with Gasteiger partial charge in [-0.1, -0.05) is 27.7 Å². The number of likely N-dealkylation sites (N-methyl/N-ethyl adjacent to an activating group) is 2. The molecule has 0 N–H and O–H groups in total. The van der Waals surface area contributed by atoms with Crippen molar-refractivity contribution < 1.29 is 0 Å². The summed E-state index contributed by atoms with van der Waals surface area (Å²) in [4.78, 5) is 4.88. The smallest absolute Gasteiger partial charge is 0.0272 e. The first-order chi connectivity index (χ1) is 6.27. The summed E-state index contributed by atoms with van der Waals surface area (Å²) in [6, 6.07) is 0.898. The Labute approximate surface area is 83.9 Å². The van der Waals surface area contributed by atoms with Crippen LogP contribution in [0.3, 0.4) is 0 Å². The number of hydrogen-bond donors (Lipinski definition) is 0. The zero-order valence-electron chi connectivity index (χ0n) is 10.2. The van der Waals surface area contributed by atoms with Gasteiger partial charge in [0.05, 0.1) is 0 Å². The SMILES string of the molecule is CC.CC.CN1CC2CN(C)C2C1. The van der Waals surface area contributed by atoms with Crippen molar-refractivity contribution in [2.24, 2.45) is 5.92 Å². The molecular weight excluding hydrogens is 160 g/mol. The van der Waals surface area contributed by atoms with E-state index in [2.05, 4.69) is 23.9 Å². The Morgan fingerprint density at radius 1 is 0.846 bits per heavy atom. The number of rotatable bonds is 0. The summed E-state index contributed by atoms with van der Waals surface area (Å²) < 4.78 is 0. The normalized spacial score (nSPS) is 31.8. The molecule has 0 spiro atoms. The van der Waals surface area contributed by atoms with Crippen molar-refractivity contribution in [3.63, 3.8) is 0 Å². The van der Waals surface area contributed by atoms with Gasteiger partial charge >= 0.3 is 0 Å². The molecule has 2 heteroatoms. The van der Waals surface area contributed by atoms with Crippen LogP contribution in [-0.2, 0) is 0 Å². The molecule has 0 radical (unpaired) electrons. The van der Waals surface area contributed by atoms with Gasteiger partial charge < -0.3 is 9.80 Å². The van der Waals surface area contributed by atoms with Gasteiger partial charge in [-0.15, -0.1) is 0 Å². The lowest BCUT2D eigenvalue weighted by Gasteiger charge is -2.40. The van der Waals surface area contributed by atoms with Crippen molar-refractivity contribution in [3.8, 4) is 0 Å². The quantitative estimate of drug-likeness (QED) is 0.570. The second-order valence-electron chi connectivity index (χ2n) is 3.49. The highest BCUT2D eigenvalue weighted by atomic mass is 15.3. The van der Waals surface area contributed by atoms with Gasteiger partial charge in [-0.25, -0.2) is 0 Å². The van der Waals surface area contributed by atoms with Crippen LogP contribution in [-0.4, -0.2) is 49.6 Å². The van der Waals surface area contributed by atoms with Gasteiger partial charge in [0, 0.05) is 31.6 Å². The molecule has 2 unspecified atom stereocenters. The first-order valence-corrected chi connectivity index (χ1v) is 5.66. The standard InChI is InChI=1S/C7H14N2.2C2H6/c1-8-3-6-4-9(2)7(6)5-8;2*1-2/h6-7H,3-5H2,1-2H3;2*1-2H3. The third-order valence-corrected chi connectivity index (χ3v) is 2.68. The Hall–Kier alpha value is -0.0800. The molecule has 2 aliphatic heterocycles. The van der Waals surface area contributed by atoms with Crippen LogP contribution in [0.5, 0.6) is 0 Å². The summed E-state index contributed by atoms with van der Waals surface area (Å²) in [6.45, 7) is 11.9. The Kier molecular flexibility index (Phi) is 6.35. The Bertz CT molecular complexity index is 125. The van der Waals surface area contributed by atoms with E-state index in [9.17, 15) is 0 Å². The molecule has 2 saturated heterocycles. The van der Waals surface area contributed by atoms with Crippen molar-refractivity contribution in [2.75, 3.05) is 33.7 Å². The summed E-state index contributed by atoms with van der Waals surface area (Å²) in [5, 5.41) is 0. The molecular formula is C11H26N2. The Balaban J connectivity index is 0.000000322. The summed E-state index contributed by atoms with van der Waals surface area (Å²) in [5.41, 5.74) is 0. The van der Waals surface area contributed by atoms with Crippen LogP contribution < -0.4 is 0 Å². The molecule has 80 valence electrons. The maximum atomic E-state index is 2.45. The molecule has 0 aromatic carbocycles. The Morgan fingerprint density at radius 2 is 1.38 bits per heavy atom. The van der Waals surface area contributed by atoms with Crippen molar-refractivity contribution in [1.29, 1.82) is 0 Å². The zero-order chi connectivity index (χ0) is 10.4. The fourth-order valence-electron chi connectivity index (χ4n) is 2.11. The van der Waals surface area contributed by atoms with Crippen LogP contribution in [0.1, 0.15) is 27.7 Å². The van der Waals surface area contributed by atoms with Gasteiger partial charge in [0.15, 0.2) is 0 Å². The minimum Gasteiger partial charge on any atom is -0.304 e. The van der Waals surface area contributed by atoms with Crippen LogP contribution in [0.2, 0.25) is 0 Å². The largest absolute Gasteiger partial charge is 0.304 e. The summed E-state index contributed by atoms with van der Waals surface area (Å²) in [6.07, 6.45) is 0. The van der Waals surface area contributed by atoms with Gasteiger partial charge in [0.2, 0.25) is 0 Å². The van der Waals surface area contributed by atoms with Crippen LogP contribution in [0.4, 0.5) is 0 Å². The fraction of sp³-hybridized carbons (Fsp3) is 1.00. The summed E-state index contributed by atoms with van der Waals surface area (Å²) >= 11 is 0. The number of hydrogen-bond acceptors (Lipinski definition) is 2. The Morgan fingerprint density at radius 3 is 1.69 bits per heavy atom. The lowest BCUT2D eigenvalue weighted by Crippen LogP contribution is -2.52. The second-order valence-corrected chi connectivity index (χ2v) is 3.49. The minimum absolute atomic E-state index is 0.898. The van der Waals surface area contributed by atoms with Crippen LogP contribution in [0, 0.1) is 5.92 Å². The summed E-state index contributed by atoms with van der Waals surface area (Å²) in [7, 11) is 4.44. The average Bonchev–Trinajstić information content (AvgIpc) is 2.49. The van der Waals surface area contributed by atoms with E-state index in [-0.39, 0.29) is 0 Å². The number of nitrogens with zero attached hydrogens (tertiary/aromatic N) is 2. The molecule has 2 atom stereocenters. The summed E-state index contributed by atoms with van der Waals surface area (Å²) in [5.74, 6) is 1.000. The predicted molar refractivity (Wildman–Crippen MR) is 60.1 cm³/mol. The van der Waals surface area contributed by atoms with Gasteiger partial charge in [0.25, 0.3) is 0 Å². The fourth-order valence-corrected chi connectivity index (χ4v) is 2.11. The van der Waals surface area contributed by atoms with E-state index < -0.39 is 0 Å². The maximum Gasteiger partial charge on any atom is 0.0272 e. The van der Waals surface area contributed by atoms with Gasteiger partial charge in [-0.3, -0.25) is 0 Å². The van der Waals surface area contributed by atoms with Crippen LogP contribution in [0.25, 0.3) is 0 Å². The second kappa shape index (κ2) is 6.39. The first-order valence-electron chi connectivity index (χ1n) is 5.66. The van der Waals surface area contributed by atoms with E-state index in [1.54, 1.807) is 0 Å². The lowest BCUT2D eigenvalue weighted by molar-refractivity contribution is 0.0826. The predicted octanol–water partition coefficient (Wildman–Crippen LogP) is 1.91. The molecule has 13 heavy (non-hydrogen) atoms. The molecule has 2 heterocycles. The molecule has 0 aliphatic carbocycles. The van der Waals surface area contributed by atoms with Crippen molar-refractivity contribution in [2.45, 2.75) is 33.7 Å². The number of likely N-dealkylation sites (tertiary alicyclic amines) is 2. The highest BCUT2D eigenvalue weighted by Gasteiger charge is 2.41. The molecule has 0 saturated carbocycles. The highest BCUT2D eigenvalue weighted by Crippen LogP contribution is 2.29. The third kappa shape index (κ3) is 2.96. The van der Waals surface area contributed by atoms with Gasteiger partial charge in [0.1, 0.15) is 0 Å². The number of fused-ring (bicyclic) bond motifs is 1. The van der Waals surface area contributed by atoms with Crippen molar-refractivity contribution in [3.05, 3.63) is 0 Å². The van der Waals surface area contributed by atoms with Gasteiger partial charge in [-0.2, -0.15) is 0 Å². The molecule has 2 fully saturated rings. The molecule has 0 bridgehead atoms. The van der Waals surface area contributed by atoms with E-state index in [1.807, 2.05) is 27.7 Å². The maximum absolute atomic E-state index is 2.45. The van der Waals surface area contributed by atoms with Crippen LogP contribution >= 0.6 is 0 Å². The molecule has 0 aromatic rings. The molecule has 2 nitrogen and oxygen atoms in total. The van der Waals surface area contributed by atoms with Crippen molar-refractivity contribution in [1.82, 2.24) is 9.80 Å². The van der Waals surface area contributed by atoms with E-state index in [0.29, 0.717) is 0 Å². The molecule has 0 amide bonds. The molecule has 0 aromatic heterocycles. The lowest BCUT2D eigenvalue weighted by atomic mass is 9.93. The highest BCUT2D eigenvalue weighted by molar-refractivity contribution is 4.97. The van der Waals surface area contributed by atoms with Crippen molar-refractivity contribution >= 4 is 0 Å². The molecule has 2 rings (SSSR count). The average molecular weight is 186 g/mol. The molecule has 2 aliphatic rings. The van der Waals surface area contributed by atoms with Gasteiger partial charge in [-0.05, 0) is 14.1 Å². The first kappa shape index (κ1) is 12.9. The van der Waals surface area contributed by atoms with E-state index in [0.717, 1.165) is 12.0 Å². The monoisotopic (exact) mass is 186 g/mol. The minimum atomic E-state index is 0.898. The van der Waals surface area contributed by atoms with E-state index in [1.165, 1.54) is 19.6 Å². The topological polar surface area (TPSA) is 6.48 Å². The van der Waals surface area contributed by atoms with E-state index in [4.69, 9.17) is 0 Å².